The second-order valence-electron chi connectivity index (χ2n) is 16.7. The van der Waals surface area contributed by atoms with Crippen LogP contribution in [-0.4, -0.2) is 22.3 Å². The summed E-state index contributed by atoms with van der Waals surface area (Å²) in [6, 6.07) is 1.80. The van der Waals surface area contributed by atoms with E-state index in [1.807, 2.05) is 0 Å². The van der Waals surface area contributed by atoms with Gasteiger partial charge >= 0.3 is 11.7 Å². The monoisotopic (exact) mass is 579 g/mol. The van der Waals surface area contributed by atoms with Gasteiger partial charge in [-0.15, -0.1) is 0 Å². The van der Waals surface area contributed by atoms with Gasteiger partial charge < -0.3 is 15.1 Å². The van der Waals surface area contributed by atoms with E-state index in [2.05, 4.69) is 64.3 Å². The van der Waals surface area contributed by atoms with Crippen LogP contribution < -0.4 is 4.90 Å². The molecule has 0 aliphatic heterocycles. The van der Waals surface area contributed by atoms with E-state index in [4.69, 9.17) is 4.74 Å². The molecule has 1 heterocycles. The third-order valence-corrected chi connectivity index (χ3v) is 14.1. The molecule has 8 nitrogen and oxygen atoms in total. The number of carbonyl (C=O) groups excluding carboxylic acids is 1. The smallest absolute Gasteiger partial charge is 0.313 e. The molecular formula is C34H49N3O5. The molecule has 0 spiro atoms. The maximum Gasteiger partial charge on any atom is 0.313 e. The molecular weight excluding hydrogens is 530 g/mol. The van der Waals surface area contributed by atoms with E-state index in [1.165, 1.54) is 5.57 Å². The van der Waals surface area contributed by atoms with E-state index in [-0.39, 0.29) is 68.0 Å². The second kappa shape index (κ2) is 9.30. The summed E-state index contributed by atoms with van der Waals surface area (Å²) in [4.78, 5) is 14.2. The first-order valence-electron chi connectivity index (χ1n) is 16.1. The molecule has 1 aromatic rings. The van der Waals surface area contributed by atoms with Crippen molar-refractivity contribution in [1.29, 1.82) is 5.26 Å². The number of allylic oxidation sites excluding steroid dienone is 2. The molecule has 5 aliphatic carbocycles. The normalized spacial score (nSPS) is 43.5. The summed E-state index contributed by atoms with van der Waals surface area (Å²) in [6.45, 7) is 16.6. The van der Waals surface area contributed by atoms with Gasteiger partial charge in [0.1, 0.15) is 0 Å². The molecule has 8 heteroatoms. The topological polar surface area (TPSA) is 123 Å². The Morgan fingerprint density at radius 2 is 1.81 bits per heavy atom. The molecule has 3 unspecified atom stereocenters. The highest BCUT2D eigenvalue weighted by Crippen LogP contribution is 2.75. The second-order valence-corrected chi connectivity index (χ2v) is 16.7. The molecule has 230 valence electrons. The van der Waals surface area contributed by atoms with Crippen molar-refractivity contribution >= 4 is 5.97 Å². The van der Waals surface area contributed by atoms with Crippen molar-refractivity contribution in [3.8, 4) is 6.07 Å². The number of fused-ring (bicyclic) bond motifs is 7. The molecule has 4 fully saturated rings. The first-order chi connectivity index (χ1) is 19.6. The molecule has 0 bridgehead atoms. The van der Waals surface area contributed by atoms with E-state index in [9.17, 15) is 20.4 Å². The molecule has 1 aromatic heterocycles. The SMILES string of the molecule is CC1(C)CCC2(C(=O)OCc3no[n+]([O-])c3C#N)CC[C@]3(C)C(=CC[C@@H]4[C@@]5(C)CC[C@H](O)C(C)(C)C5CC[C@]43C)C2C1. The minimum atomic E-state index is -0.619. The third kappa shape index (κ3) is 3.84. The lowest BCUT2D eigenvalue weighted by Crippen LogP contribution is -2.65. The Kier molecular flexibility index (Phi) is 6.57. The highest BCUT2D eigenvalue weighted by molar-refractivity contribution is 5.78. The van der Waals surface area contributed by atoms with Crippen molar-refractivity contribution in [2.75, 3.05) is 0 Å². The van der Waals surface area contributed by atoms with Crippen LogP contribution in [0.25, 0.3) is 0 Å². The van der Waals surface area contributed by atoms with Crippen molar-refractivity contribution in [2.24, 2.45) is 50.2 Å². The van der Waals surface area contributed by atoms with Crippen LogP contribution in [-0.2, 0) is 16.1 Å². The molecule has 8 atom stereocenters. The number of rotatable bonds is 3. The van der Waals surface area contributed by atoms with E-state index in [1.54, 1.807) is 6.07 Å². The average Bonchev–Trinajstić information content (AvgIpc) is 3.28. The lowest BCUT2D eigenvalue weighted by Gasteiger charge is -2.71. The van der Waals surface area contributed by atoms with Gasteiger partial charge in [0, 0.05) is 5.16 Å². The van der Waals surface area contributed by atoms with Crippen LogP contribution in [0.2, 0.25) is 0 Å². The maximum absolute atomic E-state index is 14.1. The van der Waals surface area contributed by atoms with Gasteiger partial charge in [-0.25, -0.2) is 0 Å². The van der Waals surface area contributed by atoms with E-state index < -0.39 is 5.41 Å². The summed E-state index contributed by atoms with van der Waals surface area (Å²) in [6.07, 6.45) is 11.9. The third-order valence-electron chi connectivity index (χ3n) is 14.1. The van der Waals surface area contributed by atoms with Crippen LogP contribution in [0.1, 0.15) is 124 Å². The van der Waals surface area contributed by atoms with Gasteiger partial charge in [-0.05, 0) is 114 Å². The van der Waals surface area contributed by atoms with Gasteiger partial charge in [0.25, 0.3) is 5.69 Å². The molecule has 0 amide bonds. The fourth-order valence-electron chi connectivity index (χ4n) is 11.4. The highest BCUT2D eigenvalue weighted by atomic mass is 16.8. The summed E-state index contributed by atoms with van der Waals surface area (Å²) >= 11 is 0. The first-order valence-corrected chi connectivity index (χ1v) is 16.1. The summed E-state index contributed by atoms with van der Waals surface area (Å²) in [5, 5.41) is 35.7. The van der Waals surface area contributed by atoms with Gasteiger partial charge in [0.2, 0.25) is 0 Å². The number of aliphatic hydroxyl groups excluding tert-OH is 1. The zero-order chi connectivity index (χ0) is 30.5. The van der Waals surface area contributed by atoms with Gasteiger partial charge in [-0.1, -0.05) is 60.1 Å². The fraction of sp³-hybridized carbons (Fsp3) is 0.824. The summed E-state index contributed by atoms with van der Waals surface area (Å²) < 4.78 is 10.5. The number of hydrogen-bond donors (Lipinski definition) is 1. The number of nitriles is 1. The van der Waals surface area contributed by atoms with E-state index in [0.717, 1.165) is 64.2 Å². The minimum Gasteiger partial charge on any atom is -0.456 e. The molecule has 0 radical (unpaired) electrons. The molecule has 0 aromatic carbocycles. The predicted molar refractivity (Wildman–Crippen MR) is 155 cm³/mol. The summed E-state index contributed by atoms with van der Waals surface area (Å²) in [5.41, 5.74) is 0.942. The number of aliphatic hydroxyl groups is 1. The van der Waals surface area contributed by atoms with E-state index >= 15 is 0 Å². The van der Waals surface area contributed by atoms with Crippen molar-refractivity contribution < 1.29 is 24.2 Å². The number of carbonyl (C=O) groups is 1. The Balaban J connectivity index is 1.36. The Morgan fingerprint density at radius 1 is 1.10 bits per heavy atom. The number of nitrogens with zero attached hydrogens (tertiary/aromatic N) is 3. The summed E-state index contributed by atoms with van der Waals surface area (Å²) in [7, 11) is 0. The van der Waals surface area contributed by atoms with Gasteiger partial charge in [-0.3, -0.25) is 9.42 Å². The highest BCUT2D eigenvalue weighted by Gasteiger charge is 2.69. The average molecular weight is 580 g/mol. The maximum atomic E-state index is 14.1. The van der Waals surface area contributed by atoms with E-state index in [0.29, 0.717) is 11.8 Å². The van der Waals surface area contributed by atoms with Crippen LogP contribution in [0.15, 0.2) is 16.3 Å². The van der Waals surface area contributed by atoms with Crippen molar-refractivity contribution in [3.05, 3.63) is 28.2 Å². The molecule has 0 saturated heterocycles. The molecule has 5 aliphatic rings. The number of esters is 1. The molecule has 4 saturated carbocycles. The van der Waals surface area contributed by atoms with Crippen LogP contribution >= 0.6 is 0 Å². The fourth-order valence-corrected chi connectivity index (χ4v) is 11.4. The van der Waals surface area contributed by atoms with Crippen molar-refractivity contribution in [3.63, 3.8) is 0 Å². The quantitative estimate of drug-likeness (QED) is 0.250. The van der Waals surface area contributed by atoms with Crippen LogP contribution in [0.3, 0.4) is 0 Å². The Hall–Kier alpha value is -2.40. The zero-order valence-corrected chi connectivity index (χ0v) is 26.6. The minimum absolute atomic E-state index is 0.0137. The number of hydrogen-bond acceptors (Lipinski definition) is 7. The van der Waals surface area contributed by atoms with Gasteiger partial charge in [-0.2, -0.15) is 5.26 Å². The number of ether oxygens (including phenoxy) is 1. The zero-order valence-electron chi connectivity index (χ0n) is 26.6. The Bertz CT molecular complexity index is 1360. The lowest BCUT2D eigenvalue weighted by atomic mass is 9.33. The molecule has 42 heavy (non-hydrogen) atoms. The van der Waals surface area contributed by atoms with Gasteiger partial charge in [0.05, 0.1) is 11.5 Å². The van der Waals surface area contributed by atoms with Crippen LogP contribution in [0.4, 0.5) is 0 Å². The van der Waals surface area contributed by atoms with Gasteiger partial charge in [0.15, 0.2) is 12.7 Å². The van der Waals surface area contributed by atoms with Crippen LogP contribution in [0, 0.1) is 66.8 Å². The lowest BCUT2D eigenvalue weighted by molar-refractivity contribution is -0.804. The first kappa shape index (κ1) is 29.7. The molecule has 6 rings (SSSR count). The Morgan fingerprint density at radius 3 is 2.52 bits per heavy atom. The summed E-state index contributed by atoms with van der Waals surface area (Å²) in [5.74, 6) is 0.897. The van der Waals surface area contributed by atoms with Crippen LogP contribution in [0.5, 0.6) is 0 Å². The standard InChI is InChI=1S/C34H49N3O5/c1-29(2)14-16-34(28(39)41-20-23-24(19-35)37(40)42-36-23)17-15-32(6)21(22(34)18-29)8-9-26-31(5)12-11-27(38)30(3,4)25(31)10-13-33(26,32)7/h8,22,25-27,38H,9-18,20H2,1-7H3/t22?,25?,26-,27+,31+,32-,33-,34?/m1/s1. The predicted octanol–water partition coefficient (Wildman–Crippen LogP) is 6.39. The number of aromatic nitrogens is 2. The molecule has 1 N–H and O–H groups in total. The Labute approximate surface area is 250 Å². The van der Waals surface area contributed by atoms with Crippen molar-refractivity contribution in [1.82, 2.24) is 5.16 Å². The largest absolute Gasteiger partial charge is 0.456 e. The van der Waals surface area contributed by atoms with Crippen molar-refractivity contribution in [2.45, 2.75) is 125 Å².